The minimum atomic E-state index is 0.754. The smallest absolute Gasteiger partial charge is 0.142 e. The molecule has 2 aromatic heterocycles. The summed E-state index contributed by atoms with van der Waals surface area (Å²) in [5, 5.41) is 0. The molecule has 0 radical (unpaired) electrons. The van der Waals surface area contributed by atoms with Crippen molar-refractivity contribution in [2.75, 3.05) is 0 Å². The Morgan fingerprint density at radius 3 is 2.13 bits per heavy atom. The van der Waals surface area contributed by atoms with Gasteiger partial charge in [0.2, 0.25) is 0 Å². The third-order valence-corrected chi connectivity index (χ3v) is 3.41. The molecule has 4 heteroatoms. The highest BCUT2D eigenvalue weighted by Gasteiger charge is 2.04. The van der Waals surface area contributed by atoms with Gasteiger partial charge in [-0.1, -0.05) is 36.4 Å². The fourth-order valence-corrected chi connectivity index (χ4v) is 2.31. The van der Waals surface area contributed by atoms with Crippen LogP contribution in [0.2, 0.25) is 0 Å². The number of carbonyl (C=O) groups is 2. The average Bonchev–Trinajstić information content (AvgIpc) is 3.01. The van der Waals surface area contributed by atoms with Gasteiger partial charge in [0, 0.05) is 18.0 Å². The highest BCUT2D eigenvalue weighted by molar-refractivity contribution is 5.75. The van der Waals surface area contributed by atoms with Gasteiger partial charge >= 0.3 is 0 Å². The topological polar surface area (TPSA) is 51.4 Å². The van der Waals surface area contributed by atoms with E-state index < -0.39 is 0 Å². The lowest BCUT2D eigenvalue weighted by Crippen LogP contribution is -1.83. The summed E-state index contributed by atoms with van der Waals surface area (Å²) in [4.78, 5) is 25.3. The number of carbonyl (C=O) groups excluding carboxylic acids is 2. The summed E-state index contributed by atoms with van der Waals surface area (Å²) in [6.45, 7) is 0. The van der Waals surface area contributed by atoms with Crippen LogP contribution in [-0.2, 0) is 9.59 Å². The zero-order valence-electron chi connectivity index (χ0n) is 12.3. The van der Waals surface area contributed by atoms with Gasteiger partial charge in [-0.2, -0.15) is 0 Å². The fourth-order valence-electron chi connectivity index (χ4n) is 2.31. The second-order valence-corrected chi connectivity index (χ2v) is 4.97. The van der Waals surface area contributed by atoms with E-state index in [1.54, 1.807) is 12.2 Å². The maximum atomic E-state index is 10.4. The van der Waals surface area contributed by atoms with Gasteiger partial charge in [-0.05, 0) is 35.4 Å². The maximum Gasteiger partial charge on any atom is 0.142 e. The second-order valence-electron chi connectivity index (χ2n) is 4.97. The van der Waals surface area contributed by atoms with Crippen molar-refractivity contribution in [1.82, 2.24) is 9.38 Å². The van der Waals surface area contributed by atoms with Crippen LogP contribution in [0.1, 0.15) is 11.1 Å². The van der Waals surface area contributed by atoms with Crippen LogP contribution in [0.5, 0.6) is 0 Å². The van der Waals surface area contributed by atoms with E-state index in [1.807, 2.05) is 53.2 Å². The van der Waals surface area contributed by atoms with Gasteiger partial charge in [0.25, 0.3) is 0 Å². The number of pyridine rings is 1. The SMILES string of the molecule is O=C/C=C/c1ccc(-c2cn3cc(/C=C/C=O)ccc3n2)cc1. The van der Waals surface area contributed by atoms with Crippen LogP contribution < -0.4 is 0 Å². The third kappa shape index (κ3) is 3.32. The molecule has 0 amide bonds. The summed E-state index contributed by atoms with van der Waals surface area (Å²) < 4.78 is 1.93. The first-order valence-electron chi connectivity index (χ1n) is 7.13. The largest absolute Gasteiger partial charge is 0.306 e. The molecule has 0 saturated heterocycles. The molecule has 0 aliphatic carbocycles. The number of nitrogens with zero attached hydrogens (tertiary/aromatic N) is 2. The summed E-state index contributed by atoms with van der Waals surface area (Å²) in [5.74, 6) is 0. The molecule has 3 rings (SSSR count). The van der Waals surface area contributed by atoms with Gasteiger partial charge < -0.3 is 4.40 Å². The Balaban J connectivity index is 1.93. The van der Waals surface area contributed by atoms with Crippen molar-refractivity contribution in [2.24, 2.45) is 0 Å². The van der Waals surface area contributed by atoms with E-state index in [0.29, 0.717) is 0 Å². The minimum Gasteiger partial charge on any atom is -0.306 e. The lowest BCUT2D eigenvalue weighted by molar-refractivity contribution is -0.104. The lowest BCUT2D eigenvalue weighted by Gasteiger charge is -1.97. The molecule has 3 aromatic rings. The number of aromatic nitrogens is 2. The molecular weight excluding hydrogens is 288 g/mol. The first-order valence-corrected chi connectivity index (χ1v) is 7.13. The first kappa shape index (κ1) is 14.7. The van der Waals surface area contributed by atoms with Crippen molar-refractivity contribution in [3.63, 3.8) is 0 Å². The monoisotopic (exact) mass is 302 g/mol. The summed E-state index contributed by atoms with van der Waals surface area (Å²) in [5.41, 5.74) is 4.61. The Bertz CT molecular complexity index is 903. The van der Waals surface area contributed by atoms with Gasteiger partial charge in [0.1, 0.15) is 18.2 Å². The molecule has 23 heavy (non-hydrogen) atoms. The van der Waals surface area contributed by atoms with E-state index in [4.69, 9.17) is 0 Å². The van der Waals surface area contributed by atoms with Crippen LogP contribution in [0.4, 0.5) is 0 Å². The number of aldehydes is 2. The van der Waals surface area contributed by atoms with Crippen molar-refractivity contribution < 1.29 is 9.59 Å². The number of imidazole rings is 1. The van der Waals surface area contributed by atoms with Crippen LogP contribution in [-0.4, -0.2) is 22.0 Å². The molecule has 0 atom stereocenters. The summed E-state index contributed by atoms with van der Waals surface area (Å²) in [6, 6.07) is 11.7. The highest BCUT2D eigenvalue weighted by atomic mass is 16.1. The summed E-state index contributed by atoms with van der Waals surface area (Å²) in [6.07, 6.45) is 11.8. The van der Waals surface area contributed by atoms with Crippen molar-refractivity contribution in [1.29, 1.82) is 0 Å². The summed E-state index contributed by atoms with van der Waals surface area (Å²) >= 11 is 0. The second kappa shape index (κ2) is 6.66. The maximum absolute atomic E-state index is 10.4. The van der Waals surface area contributed by atoms with Gasteiger partial charge in [-0.25, -0.2) is 4.98 Å². The van der Waals surface area contributed by atoms with E-state index in [1.165, 1.54) is 12.2 Å². The summed E-state index contributed by atoms with van der Waals surface area (Å²) in [7, 11) is 0. The number of rotatable bonds is 5. The van der Waals surface area contributed by atoms with E-state index in [0.717, 1.165) is 40.6 Å². The minimum absolute atomic E-state index is 0.754. The Hall–Kier alpha value is -3.27. The van der Waals surface area contributed by atoms with E-state index in [-0.39, 0.29) is 0 Å². The van der Waals surface area contributed by atoms with Gasteiger partial charge in [-0.15, -0.1) is 0 Å². The zero-order chi connectivity index (χ0) is 16.1. The van der Waals surface area contributed by atoms with Crippen LogP contribution in [0.15, 0.2) is 60.9 Å². The molecule has 0 aliphatic rings. The van der Waals surface area contributed by atoms with Crippen molar-refractivity contribution in [3.8, 4) is 11.3 Å². The molecule has 0 fully saturated rings. The molecule has 0 spiro atoms. The molecular formula is C19H14N2O2. The number of allylic oxidation sites excluding steroid dienone is 2. The fraction of sp³-hybridized carbons (Fsp3) is 0. The quantitative estimate of drug-likeness (QED) is 0.536. The Morgan fingerprint density at radius 2 is 1.43 bits per heavy atom. The van der Waals surface area contributed by atoms with E-state index in [9.17, 15) is 9.59 Å². The molecule has 0 bridgehead atoms. The van der Waals surface area contributed by atoms with Gasteiger partial charge in [0.05, 0.1) is 5.69 Å². The Morgan fingerprint density at radius 1 is 0.783 bits per heavy atom. The van der Waals surface area contributed by atoms with Gasteiger partial charge in [0.15, 0.2) is 0 Å². The predicted molar refractivity (Wildman–Crippen MR) is 90.8 cm³/mol. The van der Waals surface area contributed by atoms with Crippen molar-refractivity contribution in [3.05, 3.63) is 72.1 Å². The van der Waals surface area contributed by atoms with Crippen LogP contribution >= 0.6 is 0 Å². The highest BCUT2D eigenvalue weighted by Crippen LogP contribution is 2.20. The number of hydrogen-bond donors (Lipinski definition) is 0. The van der Waals surface area contributed by atoms with Crippen LogP contribution in [0, 0.1) is 0 Å². The van der Waals surface area contributed by atoms with Crippen molar-refractivity contribution in [2.45, 2.75) is 0 Å². The zero-order valence-corrected chi connectivity index (χ0v) is 12.3. The number of benzene rings is 1. The normalized spacial score (nSPS) is 11.5. The number of fused-ring (bicyclic) bond motifs is 1. The molecule has 112 valence electrons. The molecule has 2 heterocycles. The van der Waals surface area contributed by atoms with Crippen molar-refractivity contribution >= 4 is 30.4 Å². The molecule has 1 aromatic carbocycles. The lowest BCUT2D eigenvalue weighted by atomic mass is 10.1. The molecule has 0 aliphatic heterocycles. The molecule has 0 N–H and O–H groups in total. The molecule has 0 unspecified atom stereocenters. The van der Waals surface area contributed by atoms with Gasteiger partial charge in [-0.3, -0.25) is 9.59 Å². The predicted octanol–water partition coefficient (Wildman–Crippen LogP) is 3.43. The van der Waals surface area contributed by atoms with Crippen LogP contribution in [0.25, 0.3) is 29.1 Å². The first-order chi connectivity index (χ1) is 11.3. The van der Waals surface area contributed by atoms with E-state index >= 15 is 0 Å². The standard InChI is InChI=1S/C19H14N2O2/c22-11-1-3-15-5-8-17(9-6-15)18-14-21-13-16(4-2-12-23)7-10-19(21)20-18/h1-14H/b3-1+,4-2+. The Kier molecular flexibility index (Phi) is 4.25. The van der Waals surface area contributed by atoms with E-state index in [2.05, 4.69) is 4.98 Å². The Labute approximate surface area is 133 Å². The third-order valence-electron chi connectivity index (χ3n) is 3.41. The molecule has 4 nitrogen and oxygen atoms in total. The molecule has 0 saturated carbocycles. The van der Waals surface area contributed by atoms with Crippen LogP contribution in [0.3, 0.4) is 0 Å². The number of hydrogen-bond acceptors (Lipinski definition) is 3. The average molecular weight is 302 g/mol.